The number of halogens is 2. The zero-order valence-electron chi connectivity index (χ0n) is 6.88. The van der Waals surface area contributed by atoms with Crippen molar-refractivity contribution >= 4 is 17.3 Å². The van der Waals surface area contributed by atoms with E-state index in [-0.39, 0.29) is 17.1 Å². The third-order valence-electron chi connectivity index (χ3n) is 1.74. The van der Waals surface area contributed by atoms with Crippen LogP contribution < -0.4 is 0 Å². The minimum absolute atomic E-state index is 0.0494. The molecular formula is C8H7ClFNO2. The molecule has 0 spiro atoms. The molecule has 0 aliphatic rings. The number of nitro benzene ring substituents is 1. The molecule has 70 valence electrons. The van der Waals surface area contributed by atoms with Crippen molar-refractivity contribution in [1.29, 1.82) is 0 Å². The summed E-state index contributed by atoms with van der Waals surface area (Å²) >= 11 is 5.41. The summed E-state index contributed by atoms with van der Waals surface area (Å²) in [6.45, 7) is 1.54. The maximum atomic E-state index is 13.2. The van der Waals surface area contributed by atoms with Crippen LogP contribution in [0.5, 0.6) is 0 Å². The number of rotatable bonds is 2. The minimum atomic E-state index is -0.639. The van der Waals surface area contributed by atoms with Crippen molar-refractivity contribution in [2.45, 2.75) is 12.8 Å². The van der Waals surface area contributed by atoms with Crippen LogP contribution in [0, 0.1) is 22.9 Å². The number of nitro groups is 1. The minimum Gasteiger partial charge on any atom is -0.258 e. The first-order valence-corrected chi connectivity index (χ1v) is 4.09. The van der Waals surface area contributed by atoms with Gasteiger partial charge in [-0.15, -0.1) is 11.6 Å². The van der Waals surface area contributed by atoms with Crippen LogP contribution in [0.4, 0.5) is 10.1 Å². The van der Waals surface area contributed by atoms with E-state index in [1.807, 2.05) is 0 Å². The van der Waals surface area contributed by atoms with E-state index in [9.17, 15) is 14.5 Å². The monoisotopic (exact) mass is 203 g/mol. The second-order valence-electron chi connectivity index (χ2n) is 2.58. The van der Waals surface area contributed by atoms with Gasteiger partial charge in [-0.25, -0.2) is 4.39 Å². The van der Waals surface area contributed by atoms with Crippen molar-refractivity contribution in [3.8, 4) is 0 Å². The molecule has 1 rings (SSSR count). The van der Waals surface area contributed by atoms with Crippen LogP contribution in [0.3, 0.4) is 0 Å². The number of aryl methyl sites for hydroxylation is 1. The molecule has 0 heterocycles. The van der Waals surface area contributed by atoms with Gasteiger partial charge in [-0.05, 0) is 18.6 Å². The molecule has 0 fully saturated rings. The number of nitrogens with zero attached hydrogens (tertiary/aromatic N) is 1. The van der Waals surface area contributed by atoms with E-state index in [0.717, 1.165) is 0 Å². The topological polar surface area (TPSA) is 43.1 Å². The summed E-state index contributed by atoms with van der Waals surface area (Å²) in [5.41, 5.74) is 0.0472. The third kappa shape index (κ3) is 1.78. The van der Waals surface area contributed by atoms with Gasteiger partial charge in [0.05, 0.1) is 16.4 Å². The predicted molar refractivity (Wildman–Crippen MR) is 47.3 cm³/mol. The van der Waals surface area contributed by atoms with Gasteiger partial charge in [0.15, 0.2) is 0 Å². The highest BCUT2D eigenvalue weighted by Gasteiger charge is 2.18. The molecule has 0 aliphatic carbocycles. The second-order valence-corrected chi connectivity index (χ2v) is 2.85. The highest BCUT2D eigenvalue weighted by atomic mass is 35.5. The average molecular weight is 204 g/mol. The van der Waals surface area contributed by atoms with Crippen molar-refractivity contribution in [2.75, 3.05) is 0 Å². The van der Waals surface area contributed by atoms with Gasteiger partial charge >= 0.3 is 0 Å². The van der Waals surface area contributed by atoms with E-state index < -0.39 is 10.7 Å². The largest absolute Gasteiger partial charge is 0.276 e. The normalized spacial score (nSPS) is 10.1. The van der Waals surface area contributed by atoms with Crippen LogP contribution >= 0.6 is 11.6 Å². The van der Waals surface area contributed by atoms with Crippen LogP contribution in [0.1, 0.15) is 11.1 Å². The van der Waals surface area contributed by atoms with Crippen LogP contribution in [-0.2, 0) is 5.88 Å². The summed E-state index contributed by atoms with van der Waals surface area (Å²) in [4.78, 5) is 9.79. The lowest BCUT2D eigenvalue weighted by molar-refractivity contribution is -0.385. The first-order valence-electron chi connectivity index (χ1n) is 3.56. The summed E-state index contributed by atoms with van der Waals surface area (Å²) < 4.78 is 13.2. The molecule has 0 saturated heterocycles. The lowest BCUT2D eigenvalue weighted by Crippen LogP contribution is -1.98. The van der Waals surface area contributed by atoms with Gasteiger partial charge in [0.25, 0.3) is 5.69 Å². The molecule has 0 bridgehead atoms. The molecule has 0 aromatic heterocycles. The van der Waals surface area contributed by atoms with E-state index >= 15 is 0 Å². The number of hydrogen-bond donors (Lipinski definition) is 0. The van der Waals surface area contributed by atoms with E-state index in [1.165, 1.54) is 19.1 Å². The van der Waals surface area contributed by atoms with Crippen molar-refractivity contribution < 1.29 is 9.31 Å². The molecule has 0 saturated carbocycles. The zero-order valence-corrected chi connectivity index (χ0v) is 7.64. The van der Waals surface area contributed by atoms with Crippen molar-refractivity contribution in [1.82, 2.24) is 0 Å². The molecular weight excluding hydrogens is 197 g/mol. The smallest absolute Gasteiger partial charge is 0.258 e. The first-order chi connectivity index (χ1) is 6.07. The van der Waals surface area contributed by atoms with Crippen molar-refractivity contribution in [3.05, 3.63) is 39.2 Å². The molecule has 0 N–H and O–H groups in total. The van der Waals surface area contributed by atoms with Gasteiger partial charge in [0, 0.05) is 6.07 Å². The Bertz CT molecular complexity index is 354. The molecule has 0 radical (unpaired) electrons. The highest BCUT2D eigenvalue weighted by molar-refractivity contribution is 6.17. The molecule has 0 atom stereocenters. The summed E-state index contributed by atoms with van der Waals surface area (Å²) in [6.07, 6.45) is 0. The number of hydrogen-bond acceptors (Lipinski definition) is 2. The fraction of sp³-hybridized carbons (Fsp3) is 0.250. The van der Waals surface area contributed by atoms with Gasteiger partial charge in [-0.3, -0.25) is 10.1 Å². The van der Waals surface area contributed by atoms with Gasteiger partial charge in [0.1, 0.15) is 5.82 Å². The Labute approximate surface area is 79.3 Å². The van der Waals surface area contributed by atoms with Crippen molar-refractivity contribution in [3.63, 3.8) is 0 Å². The van der Waals surface area contributed by atoms with Gasteiger partial charge in [-0.1, -0.05) is 0 Å². The molecule has 13 heavy (non-hydrogen) atoms. The second kappa shape index (κ2) is 3.70. The van der Waals surface area contributed by atoms with Crippen LogP contribution in [0.2, 0.25) is 0 Å². The molecule has 0 amide bonds. The summed E-state index contributed by atoms with van der Waals surface area (Å²) in [5, 5.41) is 10.4. The first kappa shape index (κ1) is 9.92. The molecule has 1 aromatic carbocycles. The maximum absolute atomic E-state index is 13.2. The number of benzene rings is 1. The fourth-order valence-corrected chi connectivity index (χ4v) is 1.28. The van der Waals surface area contributed by atoms with Gasteiger partial charge in [-0.2, -0.15) is 0 Å². The Morgan fingerprint density at radius 2 is 2.23 bits per heavy atom. The predicted octanol–water partition coefficient (Wildman–Crippen LogP) is 2.78. The molecule has 1 aromatic rings. The van der Waals surface area contributed by atoms with Crippen molar-refractivity contribution in [2.24, 2.45) is 0 Å². The Hall–Kier alpha value is -1.16. The van der Waals surface area contributed by atoms with Gasteiger partial charge in [0.2, 0.25) is 0 Å². The summed E-state index contributed by atoms with van der Waals surface area (Å²) in [5.74, 6) is -0.784. The lowest BCUT2D eigenvalue weighted by atomic mass is 10.1. The van der Waals surface area contributed by atoms with Crippen LogP contribution in [0.25, 0.3) is 0 Å². The Morgan fingerprint density at radius 1 is 1.62 bits per heavy atom. The van der Waals surface area contributed by atoms with E-state index in [2.05, 4.69) is 0 Å². The van der Waals surface area contributed by atoms with E-state index in [0.29, 0.717) is 5.56 Å². The van der Waals surface area contributed by atoms with Crippen LogP contribution in [0.15, 0.2) is 12.1 Å². The van der Waals surface area contributed by atoms with E-state index in [1.54, 1.807) is 0 Å². The highest BCUT2D eigenvalue weighted by Crippen LogP contribution is 2.25. The average Bonchev–Trinajstić information content (AvgIpc) is 2.09. The fourth-order valence-electron chi connectivity index (χ4n) is 1.03. The maximum Gasteiger partial charge on any atom is 0.276 e. The summed E-state index contributed by atoms with van der Waals surface area (Å²) in [6, 6.07) is 2.62. The van der Waals surface area contributed by atoms with Crippen LogP contribution in [-0.4, -0.2) is 4.92 Å². The standard InChI is InChI=1S/C8H7ClFNO2/c1-5-2-3-7(11(12)13)6(4-9)8(5)10/h2-3H,4H2,1H3. The Balaban J connectivity index is 3.38. The van der Waals surface area contributed by atoms with E-state index in [4.69, 9.17) is 11.6 Å². The SMILES string of the molecule is Cc1ccc([N+](=O)[O-])c(CCl)c1F. The molecule has 0 unspecified atom stereocenters. The zero-order chi connectivity index (χ0) is 10.0. The Morgan fingerprint density at radius 3 is 2.69 bits per heavy atom. The number of alkyl halides is 1. The Kier molecular flexibility index (Phi) is 2.83. The summed E-state index contributed by atoms with van der Waals surface area (Å²) in [7, 11) is 0. The third-order valence-corrected chi connectivity index (χ3v) is 2.01. The molecule has 0 aliphatic heterocycles. The molecule has 3 nitrogen and oxygen atoms in total. The molecule has 5 heteroatoms. The lowest BCUT2D eigenvalue weighted by Gasteiger charge is -2.02. The van der Waals surface area contributed by atoms with Gasteiger partial charge < -0.3 is 0 Å². The quantitative estimate of drug-likeness (QED) is 0.421.